The molecule has 26 heavy (non-hydrogen) atoms. The summed E-state index contributed by atoms with van der Waals surface area (Å²) in [6.45, 7) is 2.68. The molecule has 0 saturated heterocycles. The molecule has 2 heterocycles. The van der Waals surface area contributed by atoms with Gasteiger partial charge in [-0.2, -0.15) is 0 Å². The van der Waals surface area contributed by atoms with Gasteiger partial charge in [0.25, 0.3) is 0 Å². The maximum absolute atomic E-state index is 12.2. The van der Waals surface area contributed by atoms with E-state index in [4.69, 9.17) is 11.6 Å². The van der Waals surface area contributed by atoms with Crippen LogP contribution in [0.1, 0.15) is 6.92 Å². The fourth-order valence-corrected chi connectivity index (χ4v) is 3.80. The molecule has 9 heteroatoms. The van der Waals surface area contributed by atoms with Gasteiger partial charge < -0.3 is 9.88 Å². The monoisotopic (exact) mass is 451 g/mol. The minimum atomic E-state index is -0.163. The number of carbonyl (C=O) groups is 1. The third kappa shape index (κ3) is 4.44. The summed E-state index contributed by atoms with van der Waals surface area (Å²) in [5.74, 6) is 0.725. The number of hydrogen-bond acceptors (Lipinski definition) is 5. The Hall–Kier alpha value is -1.90. The Labute approximate surface area is 168 Å². The molecule has 1 amide bonds. The number of aromatic nitrogens is 4. The Morgan fingerprint density at radius 2 is 2.15 bits per heavy atom. The smallest absolute Gasteiger partial charge is 0.234 e. The van der Waals surface area contributed by atoms with Crippen LogP contribution in [0.5, 0.6) is 0 Å². The Balaban J connectivity index is 1.68. The zero-order valence-electron chi connectivity index (χ0n) is 13.8. The van der Waals surface area contributed by atoms with Gasteiger partial charge >= 0.3 is 0 Å². The Morgan fingerprint density at radius 3 is 2.85 bits per heavy atom. The highest BCUT2D eigenvalue weighted by Crippen LogP contribution is 2.26. The highest BCUT2D eigenvalue weighted by atomic mass is 79.9. The maximum Gasteiger partial charge on any atom is 0.234 e. The first-order valence-electron chi connectivity index (χ1n) is 7.80. The van der Waals surface area contributed by atoms with Crippen molar-refractivity contribution in [3.63, 3.8) is 0 Å². The number of carbonyl (C=O) groups excluding carboxylic acids is 1. The second-order valence-corrected chi connectivity index (χ2v) is 7.49. The summed E-state index contributed by atoms with van der Waals surface area (Å²) in [4.78, 5) is 16.5. The van der Waals surface area contributed by atoms with Crippen molar-refractivity contribution in [1.29, 1.82) is 0 Å². The number of anilines is 1. The molecule has 3 rings (SSSR count). The zero-order valence-corrected chi connectivity index (χ0v) is 17.0. The van der Waals surface area contributed by atoms with Crippen LogP contribution in [-0.2, 0) is 11.3 Å². The van der Waals surface area contributed by atoms with Gasteiger partial charge in [0.1, 0.15) is 5.69 Å². The molecular weight excluding hydrogens is 438 g/mol. The number of halogens is 2. The van der Waals surface area contributed by atoms with Gasteiger partial charge in [0.2, 0.25) is 5.91 Å². The molecule has 2 aromatic heterocycles. The van der Waals surface area contributed by atoms with E-state index in [0.29, 0.717) is 28.2 Å². The van der Waals surface area contributed by atoms with Crippen LogP contribution in [0.15, 0.2) is 52.2 Å². The van der Waals surface area contributed by atoms with Crippen LogP contribution in [0.3, 0.4) is 0 Å². The fourth-order valence-electron chi connectivity index (χ4n) is 2.27. The molecule has 6 nitrogen and oxygen atoms in total. The summed E-state index contributed by atoms with van der Waals surface area (Å²) in [7, 11) is 0. The van der Waals surface area contributed by atoms with Crippen LogP contribution in [0.25, 0.3) is 11.5 Å². The van der Waals surface area contributed by atoms with E-state index in [9.17, 15) is 4.79 Å². The lowest BCUT2D eigenvalue weighted by Gasteiger charge is -2.08. The molecule has 0 radical (unpaired) electrons. The van der Waals surface area contributed by atoms with E-state index in [-0.39, 0.29) is 11.7 Å². The van der Waals surface area contributed by atoms with Crippen molar-refractivity contribution < 1.29 is 4.79 Å². The van der Waals surface area contributed by atoms with Crippen molar-refractivity contribution >= 4 is 50.9 Å². The first kappa shape index (κ1) is 18.9. The summed E-state index contributed by atoms with van der Waals surface area (Å²) in [6.07, 6.45) is 1.71. The highest BCUT2D eigenvalue weighted by Gasteiger charge is 2.15. The lowest BCUT2D eigenvalue weighted by Crippen LogP contribution is -2.15. The van der Waals surface area contributed by atoms with Crippen molar-refractivity contribution in [3.05, 3.63) is 52.1 Å². The molecule has 1 aromatic carbocycles. The van der Waals surface area contributed by atoms with Gasteiger partial charge in [-0.15, -0.1) is 10.2 Å². The van der Waals surface area contributed by atoms with Crippen molar-refractivity contribution in [2.24, 2.45) is 0 Å². The van der Waals surface area contributed by atoms with E-state index in [1.807, 2.05) is 35.8 Å². The quantitative estimate of drug-likeness (QED) is 0.557. The van der Waals surface area contributed by atoms with Crippen LogP contribution in [0, 0.1) is 0 Å². The summed E-state index contributed by atoms with van der Waals surface area (Å²) < 4.78 is 2.79. The van der Waals surface area contributed by atoms with Gasteiger partial charge in [-0.3, -0.25) is 9.78 Å². The number of rotatable bonds is 6. The minimum absolute atomic E-state index is 0.163. The van der Waals surface area contributed by atoms with Gasteiger partial charge in [0.15, 0.2) is 11.0 Å². The Bertz CT molecular complexity index is 919. The van der Waals surface area contributed by atoms with Gasteiger partial charge in [-0.05, 0) is 37.3 Å². The Morgan fingerprint density at radius 1 is 1.31 bits per heavy atom. The average molecular weight is 453 g/mol. The largest absolute Gasteiger partial charge is 0.324 e. The number of nitrogens with zero attached hydrogens (tertiary/aromatic N) is 4. The van der Waals surface area contributed by atoms with Crippen LogP contribution in [0.4, 0.5) is 5.69 Å². The van der Waals surface area contributed by atoms with E-state index < -0.39 is 0 Å². The van der Waals surface area contributed by atoms with Crippen molar-refractivity contribution in [2.45, 2.75) is 18.6 Å². The predicted octanol–water partition coefficient (Wildman–Crippen LogP) is 4.51. The van der Waals surface area contributed by atoms with Crippen LogP contribution >= 0.6 is 39.3 Å². The molecule has 1 N–H and O–H groups in total. The number of hydrogen-bond donors (Lipinski definition) is 1. The average Bonchev–Trinajstić information content (AvgIpc) is 3.06. The standard InChI is InChI=1S/C17H15BrClN5OS/c1-2-24-16(14-5-3-4-8-20-14)22-23-17(24)26-10-15(25)21-13-7-6-11(18)9-12(13)19/h3-9H,2,10H2,1H3,(H,21,25). The van der Waals surface area contributed by atoms with Crippen LogP contribution < -0.4 is 5.32 Å². The van der Waals surface area contributed by atoms with Crippen LogP contribution in [-0.4, -0.2) is 31.4 Å². The third-order valence-electron chi connectivity index (χ3n) is 3.46. The molecular formula is C17H15BrClN5OS. The van der Waals surface area contributed by atoms with Crippen molar-refractivity contribution in [2.75, 3.05) is 11.1 Å². The minimum Gasteiger partial charge on any atom is -0.324 e. The molecule has 0 atom stereocenters. The lowest BCUT2D eigenvalue weighted by molar-refractivity contribution is -0.113. The van der Waals surface area contributed by atoms with E-state index in [1.54, 1.807) is 18.3 Å². The number of amides is 1. The zero-order chi connectivity index (χ0) is 18.5. The van der Waals surface area contributed by atoms with Gasteiger partial charge in [-0.1, -0.05) is 45.4 Å². The Kier molecular flexibility index (Phi) is 6.29. The van der Waals surface area contributed by atoms with Gasteiger partial charge in [0, 0.05) is 17.2 Å². The first-order chi connectivity index (χ1) is 12.6. The SMILES string of the molecule is CCn1c(SCC(=O)Nc2ccc(Br)cc2Cl)nnc1-c1ccccn1. The van der Waals surface area contributed by atoms with Gasteiger partial charge in [0.05, 0.1) is 16.5 Å². The normalized spacial score (nSPS) is 10.7. The number of pyridine rings is 1. The summed E-state index contributed by atoms with van der Waals surface area (Å²) in [5.41, 5.74) is 1.33. The summed E-state index contributed by atoms with van der Waals surface area (Å²) in [6, 6.07) is 10.9. The lowest BCUT2D eigenvalue weighted by atomic mass is 10.3. The molecule has 0 bridgehead atoms. The van der Waals surface area contributed by atoms with Crippen LogP contribution in [0.2, 0.25) is 5.02 Å². The molecule has 0 spiro atoms. The van der Waals surface area contributed by atoms with Crippen molar-refractivity contribution in [3.8, 4) is 11.5 Å². The molecule has 3 aromatic rings. The molecule has 0 fully saturated rings. The summed E-state index contributed by atoms with van der Waals surface area (Å²) >= 11 is 10.8. The second kappa shape index (κ2) is 8.66. The summed E-state index contributed by atoms with van der Waals surface area (Å²) in [5, 5.41) is 12.4. The van der Waals surface area contributed by atoms with E-state index in [0.717, 1.165) is 10.2 Å². The van der Waals surface area contributed by atoms with E-state index >= 15 is 0 Å². The molecule has 134 valence electrons. The number of thioether (sulfide) groups is 1. The molecule has 0 saturated carbocycles. The van der Waals surface area contributed by atoms with Crippen molar-refractivity contribution in [1.82, 2.24) is 19.7 Å². The predicted molar refractivity (Wildman–Crippen MR) is 107 cm³/mol. The molecule has 0 unspecified atom stereocenters. The highest BCUT2D eigenvalue weighted by molar-refractivity contribution is 9.10. The first-order valence-corrected chi connectivity index (χ1v) is 9.96. The van der Waals surface area contributed by atoms with E-state index in [1.165, 1.54) is 11.8 Å². The third-order valence-corrected chi connectivity index (χ3v) is 5.24. The maximum atomic E-state index is 12.2. The number of nitrogens with one attached hydrogen (secondary N) is 1. The topological polar surface area (TPSA) is 72.7 Å². The molecule has 0 aliphatic rings. The molecule has 0 aliphatic heterocycles. The number of benzene rings is 1. The van der Waals surface area contributed by atoms with E-state index in [2.05, 4.69) is 36.4 Å². The van der Waals surface area contributed by atoms with Gasteiger partial charge in [-0.25, -0.2) is 0 Å². The second-order valence-electron chi connectivity index (χ2n) is 5.23. The molecule has 0 aliphatic carbocycles. The fraction of sp³-hybridized carbons (Fsp3) is 0.176.